The van der Waals surface area contributed by atoms with Gasteiger partial charge >= 0.3 is 12.2 Å². The number of nitrogens with one attached hydrogen (secondary N) is 4. The predicted octanol–water partition coefficient (Wildman–Crippen LogP) is 0.608. The van der Waals surface area contributed by atoms with Crippen LogP contribution in [0.5, 0.6) is 0 Å². The van der Waals surface area contributed by atoms with E-state index in [-0.39, 0.29) is 19.7 Å². The van der Waals surface area contributed by atoms with Gasteiger partial charge in [0.25, 0.3) is 0 Å². The van der Waals surface area contributed by atoms with Gasteiger partial charge in [-0.25, -0.2) is 9.59 Å². The molecule has 0 aromatic heterocycles. The highest BCUT2D eigenvalue weighted by Gasteiger charge is 2.20. The van der Waals surface area contributed by atoms with Crippen LogP contribution in [0.3, 0.4) is 0 Å². The first-order chi connectivity index (χ1) is 11.5. The smallest absolute Gasteiger partial charge is 0.407 e. The second-order valence-electron chi connectivity index (χ2n) is 4.74. The Labute approximate surface area is 140 Å². The Kier molecular flexibility index (Phi) is 13.2. The van der Waals surface area contributed by atoms with Crippen molar-refractivity contribution in [3.8, 4) is 0 Å². The maximum absolute atomic E-state index is 12.0. The van der Waals surface area contributed by atoms with E-state index in [1.807, 2.05) is 0 Å². The fraction of sp³-hybridized carbons (Fsp3) is 0.786. The Morgan fingerprint density at radius 1 is 0.917 bits per heavy atom. The lowest BCUT2D eigenvalue weighted by Gasteiger charge is -2.18. The van der Waals surface area contributed by atoms with E-state index in [4.69, 9.17) is 9.47 Å². The van der Waals surface area contributed by atoms with Gasteiger partial charge in [0.15, 0.2) is 0 Å². The molecular weight excluding hydrogens is 323 g/mol. The van der Waals surface area contributed by atoms with Crippen LogP contribution in [0, 0.1) is 0 Å². The van der Waals surface area contributed by atoms with E-state index in [1.165, 1.54) is 5.54 Å². The molecule has 4 N–H and O–H groups in total. The highest BCUT2D eigenvalue weighted by Crippen LogP contribution is 2.02. The van der Waals surface area contributed by atoms with Gasteiger partial charge in [-0.3, -0.25) is 4.79 Å². The topological polar surface area (TPSA) is 118 Å². The highest BCUT2D eigenvalue weighted by atomic mass is 19.2. The predicted molar refractivity (Wildman–Crippen MR) is 84.9 cm³/mol. The van der Waals surface area contributed by atoms with Crippen LogP contribution < -0.4 is 21.5 Å². The summed E-state index contributed by atoms with van der Waals surface area (Å²) in [5, 5.41) is 7.54. The van der Waals surface area contributed by atoms with Gasteiger partial charge in [0.2, 0.25) is 5.91 Å². The van der Waals surface area contributed by atoms with Crippen molar-refractivity contribution in [3.05, 3.63) is 0 Å². The Bertz CT molecular complexity index is 384. The fourth-order valence-electron chi connectivity index (χ4n) is 1.79. The van der Waals surface area contributed by atoms with Crippen molar-refractivity contribution in [2.75, 3.05) is 32.8 Å². The summed E-state index contributed by atoms with van der Waals surface area (Å²) in [6.45, 7) is 4.33. The number of rotatable bonds is 12. The monoisotopic (exact) mass is 350 g/mol. The first-order valence-electron chi connectivity index (χ1n) is 8.00. The van der Waals surface area contributed by atoms with Crippen LogP contribution >= 0.6 is 0 Å². The molecule has 0 radical (unpaired) electrons. The number of amides is 3. The van der Waals surface area contributed by atoms with Crippen molar-refractivity contribution in [2.24, 2.45) is 0 Å². The Balaban J connectivity index is 4.20. The zero-order valence-corrected chi connectivity index (χ0v) is 14.2. The molecule has 0 heterocycles. The Morgan fingerprint density at radius 3 is 2.21 bits per heavy atom. The number of alkyl carbamates (subject to hydrolysis) is 2. The van der Waals surface area contributed by atoms with E-state index in [0.717, 1.165) is 0 Å². The summed E-state index contributed by atoms with van der Waals surface area (Å²) in [6, 6.07) is -0.786. The lowest BCUT2D eigenvalue weighted by atomic mass is 10.1. The summed E-state index contributed by atoms with van der Waals surface area (Å²) >= 11 is 0. The summed E-state index contributed by atoms with van der Waals surface area (Å²) in [5.74, 6) is -0.420. The van der Waals surface area contributed by atoms with Crippen LogP contribution in [0.25, 0.3) is 0 Å². The minimum Gasteiger partial charge on any atom is -0.450 e. The molecule has 1 unspecified atom stereocenters. The molecule has 0 aliphatic rings. The normalized spacial score (nSPS) is 11.3. The first kappa shape index (κ1) is 21.9. The molecule has 0 fully saturated rings. The number of hydrogen-bond donors (Lipinski definition) is 4. The number of carbonyl (C=O) groups is 3. The maximum Gasteiger partial charge on any atom is 0.407 e. The number of halogens is 1. The van der Waals surface area contributed by atoms with Gasteiger partial charge in [0.05, 0.1) is 13.2 Å². The highest BCUT2D eigenvalue weighted by molar-refractivity contribution is 5.85. The van der Waals surface area contributed by atoms with Gasteiger partial charge < -0.3 is 25.4 Å². The van der Waals surface area contributed by atoms with Gasteiger partial charge in [-0.2, -0.15) is 5.54 Å². The average Bonchev–Trinajstić information content (AvgIpc) is 2.54. The number of hydrogen-bond acceptors (Lipinski definition) is 6. The summed E-state index contributed by atoms with van der Waals surface area (Å²) in [6.07, 6.45) is 0.372. The largest absolute Gasteiger partial charge is 0.450 e. The van der Waals surface area contributed by atoms with Crippen molar-refractivity contribution < 1.29 is 28.3 Å². The quantitative estimate of drug-likeness (QED) is 0.303. The van der Waals surface area contributed by atoms with Crippen LogP contribution in [0.4, 0.5) is 14.1 Å². The standard InChI is InChI=1S/C14H27FN4O5/c1-3-23-13(21)17-8-6-5-7-11(19-14(22)24-4-2)12(20)16-9-10-18-15/h11,18H,3-10H2,1-2H3,(H,16,20)(H,17,21)(H,19,22). The zero-order valence-electron chi connectivity index (χ0n) is 14.2. The fourth-order valence-corrected chi connectivity index (χ4v) is 1.79. The first-order valence-corrected chi connectivity index (χ1v) is 8.00. The van der Waals surface area contributed by atoms with Gasteiger partial charge in [-0.15, -0.1) is 4.48 Å². The SMILES string of the molecule is CCOC(=O)NCCCCC(NC(=O)OCC)C(=O)NCCNF. The Morgan fingerprint density at radius 2 is 1.58 bits per heavy atom. The molecule has 9 nitrogen and oxygen atoms in total. The maximum atomic E-state index is 12.0. The van der Waals surface area contributed by atoms with E-state index in [1.54, 1.807) is 13.8 Å². The molecule has 0 rings (SSSR count). The number of unbranched alkanes of at least 4 members (excludes halogenated alkanes) is 1. The molecule has 0 saturated carbocycles. The van der Waals surface area contributed by atoms with Crippen LogP contribution in [0.15, 0.2) is 0 Å². The third-order valence-corrected chi connectivity index (χ3v) is 2.87. The molecule has 10 heteroatoms. The molecule has 0 bridgehead atoms. The minimum atomic E-state index is -0.786. The molecule has 0 saturated heterocycles. The van der Waals surface area contributed by atoms with Gasteiger partial charge in [0.1, 0.15) is 6.04 Å². The van der Waals surface area contributed by atoms with Crippen LogP contribution in [0.2, 0.25) is 0 Å². The molecular formula is C14H27FN4O5. The molecule has 0 aromatic rings. The third-order valence-electron chi connectivity index (χ3n) is 2.87. The summed E-state index contributed by atoms with van der Waals surface area (Å²) < 4.78 is 21.3. The third kappa shape index (κ3) is 11.5. The summed E-state index contributed by atoms with van der Waals surface area (Å²) in [4.78, 5) is 34.6. The van der Waals surface area contributed by atoms with Crippen LogP contribution in [-0.4, -0.2) is 57.0 Å². The molecule has 0 spiro atoms. The molecule has 1 atom stereocenters. The van der Waals surface area contributed by atoms with E-state index in [0.29, 0.717) is 32.4 Å². The van der Waals surface area contributed by atoms with Crippen LogP contribution in [0.1, 0.15) is 33.1 Å². The number of carbonyl (C=O) groups excluding carboxylic acids is 3. The molecule has 0 aliphatic heterocycles. The Hall–Kier alpha value is -2.10. The molecule has 3 amide bonds. The molecule has 0 aliphatic carbocycles. The van der Waals surface area contributed by atoms with E-state index < -0.39 is 24.1 Å². The van der Waals surface area contributed by atoms with Crippen molar-refractivity contribution in [1.82, 2.24) is 21.5 Å². The number of ether oxygens (including phenoxy) is 2. The van der Waals surface area contributed by atoms with E-state index in [9.17, 15) is 18.9 Å². The second-order valence-corrected chi connectivity index (χ2v) is 4.74. The van der Waals surface area contributed by atoms with Crippen molar-refractivity contribution >= 4 is 18.1 Å². The minimum absolute atomic E-state index is 0.0265. The van der Waals surface area contributed by atoms with Crippen molar-refractivity contribution in [2.45, 2.75) is 39.2 Å². The molecule has 24 heavy (non-hydrogen) atoms. The zero-order chi connectivity index (χ0) is 18.2. The van der Waals surface area contributed by atoms with Crippen molar-refractivity contribution in [1.29, 1.82) is 0 Å². The summed E-state index contributed by atoms with van der Waals surface area (Å²) in [5.41, 5.74) is 1.43. The summed E-state index contributed by atoms with van der Waals surface area (Å²) in [7, 11) is 0. The van der Waals surface area contributed by atoms with E-state index >= 15 is 0 Å². The lowest BCUT2D eigenvalue weighted by molar-refractivity contribution is -0.123. The van der Waals surface area contributed by atoms with Gasteiger partial charge in [-0.05, 0) is 33.1 Å². The van der Waals surface area contributed by atoms with Crippen molar-refractivity contribution in [3.63, 3.8) is 0 Å². The molecule has 0 aromatic carbocycles. The van der Waals surface area contributed by atoms with Gasteiger partial charge in [-0.1, -0.05) is 0 Å². The van der Waals surface area contributed by atoms with E-state index in [2.05, 4.69) is 16.0 Å². The van der Waals surface area contributed by atoms with Gasteiger partial charge in [0, 0.05) is 19.6 Å². The molecule has 140 valence electrons. The average molecular weight is 350 g/mol. The van der Waals surface area contributed by atoms with Crippen LogP contribution in [-0.2, 0) is 14.3 Å². The lowest BCUT2D eigenvalue weighted by Crippen LogP contribution is -2.48. The second kappa shape index (κ2) is 14.5.